The Morgan fingerprint density at radius 2 is 2.00 bits per heavy atom. The van der Waals surface area contributed by atoms with Crippen LogP contribution in [0.4, 0.5) is 11.4 Å². The van der Waals surface area contributed by atoms with Gasteiger partial charge in [0.25, 0.3) is 0 Å². The molecule has 2 aromatic carbocycles. The van der Waals surface area contributed by atoms with E-state index in [2.05, 4.69) is 52.6 Å². The van der Waals surface area contributed by atoms with Gasteiger partial charge in [-0.3, -0.25) is 9.48 Å². The van der Waals surface area contributed by atoms with Crippen LogP contribution in [-0.2, 0) is 24.8 Å². The van der Waals surface area contributed by atoms with Crippen molar-refractivity contribution in [3.8, 4) is 16.9 Å². The summed E-state index contributed by atoms with van der Waals surface area (Å²) in [6, 6.07) is 13.1. The van der Waals surface area contributed by atoms with E-state index in [1.165, 1.54) is 16.8 Å². The third-order valence-corrected chi connectivity index (χ3v) is 6.23. The molecule has 2 aliphatic heterocycles. The first-order chi connectivity index (χ1) is 15.1. The van der Waals surface area contributed by atoms with Crippen molar-refractivity contribution in [1.29, 1.82) is 0 Å². The number of anilines is 2. The number of aryl methyl sites for hydroxylation is 2. The number of fused-ring (bicyclic) bond motifs is 2. The van der Waals surface area contributed by atoms with Crippen LogP contribution in [0.15, 0.2) is 48.8 Å². The van der Waals surface area contributed by atoms with E-state index in [1.54, 1.807) is 0 Å². The number of aromatic nitrogens is 2. The number of benzene rings is 2. The molecule has 6 heteroatoms. The van der Waals surface area contributed by atoms with Gasteiger partial charge in [-0.2, -0.15) is 5.10 Å². The molecule has 0 spiro atoms. The summed E-state index contributed by atoms with van der Waals surface area (Å²) in [7, 11) is 1.95. The van der Waals surface area contributed by atoms with Gasteiger partial charge >= 0.3 is 0 Å². The number of hydrogen-bond donors (Lipinski definition) is 0. The Morgan fingerprint density at radius 3 is 2.81 bits per heavy atom. The van der Waals surface area contributed by atoms with Gasteiger partial charge in [-0.15, -0.1) is 0 Å². The molecule has 0 atom stereocenters. The molecule has 0 bridgehead atoms. The molecule has 0 saturated heterocycles. The lowest BCUT2D eigenvalue weighted by Crippen LogP contribution is -2.31. The minimum atomic E-state index is 0.174. The Bertz CT molecular complexity index is 1120. The van der Waals surface area contributed by atoms with Crippen LogP contribution in [0.25, 0.3) is 11.1 Å². The van der Waals surface area contributed by atoms with E-state index in [9.17, 15) is 4.79 Å². The number of carbonyl (C=O) groups excluding carboxylic acids is 1. The zero-order valence-corrected chi connectivity index (χ0v) is 18.2. The maximum Gasteiger partial charge on any atom is 0.222 e. The van der Waals surface area contributed by atoms with Gasteiger partial charge in [-0.05, 0) is 54.3 Å². The molecule has 3 aromatic rings. The van der Waals surface area contributed by atoms with Crippen LogP contribution in [-0.4, -0.2) is 40.3 Å². The number of rotatable bonds is 3. The fraction of sp³-hybridized carbons (Fsp3) is 0.360. The third-order valence-electron chi connectivity index (χ3n) is 6.23. The van der Waals surface area contributed by atoms with Gasteiger partial charge in [-0.25, -0.2) is 0 Å². The molecule has 1 amide bonds. The van der Waals surface area contributed by atoms with Gasteiger partial charge in [-0.1, -0.05) is 13.0 Å². The molecular formula is C25H28N4O2. The average Bonchev–Trinajstić information content (AvgIpc) is 3.12. The van der Waals surface area contributed by atoms with E-state index in [0.717, 1.165) is 42.0 Å². The van der Waals surface area contributed by atoms with Crippen molar-refractivity contribution in [1.82, 2.24) is 14.7 Å². The van der Waals surface area contributed by atoms with Gasteiger partial charge < -0.3 is 14.5 Å². The van der Waals surface area contributed by atoms with Crippen molar-refractivity contribution in [3.05, 3.63) is 59.9 Å². The van der Waals surface area contributed by atoms with E-state index < -0.39 is 0 Å². The van der Waals surface area contributed by atoms with Crippen LogP contribution in [0.2, 0.25) is 0 Å². The molecular weight excluding hydrogens is 388 g/mol. The summed E-state index contributed by atoms with van der Waals surface area (Å²) in [6.07, 6.45) is 6.67. The molecule has 0 fully saturated rings. The van der Waals surface area contributed by atoms with E-state index in [0.29, 0.717) is 26.1 Å². The molecule has 160 valence electrons. The quantitative estimate of drug-likeness (QED) is 0.639. The van der Waals surface area contributed by atoms with Crippen LogP contribution >= 0.6 is 0 Å². The SMILES string of the molecule is CCC(=O)N1CCOc2ccc(N3CCCc4cc(-c5cnn(C)c5)ccc43)cc2C1. The predicted molar refractivity (Wildman–Crippen MR) is 122 cm³/mol. The summed E-state index contributed by atoms with van der Waals surface area (Å²) in [6.45, 7) is 4.69. The van der Waals surface area contributed by atoms with Crippen molar-refractivity contribution in [2.75, 3.05) is 24.6 Å². The maximum atomic E-state index is 12.3. The second kappa shape index (κ2) is 8.10. The highest BCUT2D eigenvalue weighted by atomic mass is 16.5. The van der Waals surface area contributed by atoms with Crippen molar-refractivity contribution in [3.63, 3.8) is 0 Å². The van der Waals surface area contributed by atoms with Gasteiger partial charge in [0.2, 0.25) is 5.91 Å². The molecule has 31 heavy (non-hydrogen) atoms. The summed E-state index contributed by atoms with van der Waals surface area (Å²) >= 11 is 0. The highest BCUT2D eigenvalue weighted by Gasteiger charge is 2.23. The smallest absolute Gasteiger partial charge is 0.222 e. The number of carbonyl (C=O) groups is 1. The largest absolute Gasteiger partial charge is 0.491 e. The van der Waals surface area contributed by atoms with E-state index >= 15 is 0 Å². The highest BCUT2D eigenvalue weighted by Crippen LogP contribution is 2.38. The lowest BCUT2D eigenvalue weighted by molar-refractivity contribution is -0.131. The van der Waals surface area contributed by atoms with Gasteiger partial charge in [0, 0.05) is 55.3 Å². The first kappa shape index (κ1) is 19.7. The maximum absolute atomic E-state index is 12.3. The molecule has 0 aliphatic carbocycles. The molecule has 0 unspecified atom stereocenters. The van der Waals surface area contributed by atoms with Crippen LogP contribution < -0.4 is 9.64 Å². The topological polar surface area (TPSA) is 50.6 Å². The number of nitrogens with zero attached hydrogens (tertiary/aromatic N) is 4. The van der Waals surface area contributed by atoms with Gasteiger partial charge in [0.1, 0.15) is 12.4 Å². The molecule has 2 aliphatic rings. The van der Waals surface area contributed by atoms with Gasteiger partial charge in [0.05, 0.1) is 12.7 Å². The third kappa shape index (κ3) is 3.78. The zero-order valence-electron chi connectivity index (χ0n) is 18.2. The normalized spacial score (nSPS) is 15.7. The average molecular weight is 417 g/mol. The molecule has 1 aromatic heterocycles. The summed E-state index contributed by atoms with van der Waals surface area (Å²) in [5.74, 6) is 1.06. The van der Waals surface area contributed by atoms with Crippen molar-refractivity contribution < 1.29 is 9.53 Å². The Hall–Kier alpha value is -3.28. The monoisotopic (exact) mass is 416 g/mol. The van der Waals surface area contributed by atoms with Crippen LogP contribution in [0.3, 0.4) is 0 Å². The first-order valence-electron chi connectivity index (χ1n) is 11.1. The Balaban J connectivity index is 1.47. The first-order valence-corrected chi connectivity index (χ1v) is 11.1. The summed E-state index contributed by atoms with van der Waals surface area (Å²) in [5, 5.41) is 4.31. The Kier molecular flexibility index (Phi) is 5.14. The molecule has 0 saturated carbocycles. The van der Waals surface area contributed by atoms with Crippen molar-refractivity contribution in [2.24, 2.45) is 7.05 Å². The number of amides is 1. The van der Waals surface area contributed by atoms with E-state index in [-0.39, 0.29) is 5.91 Å². The molecule has 0 N–H and O–H groups in total. The van der Waals surface area contributed by atoms with Crippen LogP contribution in [0.1, 0.15) is 30.9 Å². The van der Waals surface area contributed by atoms with Crippen LogP contribution in [0, 0.1) is 0 Å². The van der Waals surface area contributed by atoms with Crippen molar-refractivity contribution in [2.45, 2.75) is 32.7 Å². The fourth-order valence-electron chi connectivity index (χ4n) is 4.60. The second-order valence-corrected chi connectivity index (χ2v) is 8.31. The van der Waals surface area contributed by atoms with Crippen LogP contribution in [0.5, 0.6) is 5.75 Å². The summed E-state index contributed by atoms with van der Waals surface area (Å²) < 4.78 is 7.77. The lowest BCUT2D eigenvalue weighted by Gasteiger charge is -2.32. The minimum absolute atomic E-state index is 0.174. The Labute approximate surface area is 183 Å². The molecule has 3 heterocycles. The standard InChI is InChI=1S/C25H28N4O2/c1-3-25(30)28-11-12-31-24-9-7-22(14-20(24)17-28)29-10-4-5-19-13-18(6-8-23(19)29)21-15-26-27(2)16-21/h6-9,13-16H,3-5,10-12,17H2,1-2H3. The zero-order chi connectivity index (χ0) is 21.4. The van der Waals surface area contributed by atoms with E-state index in [4.69, 9.17) is 4.74 Å². The second-order valence-electron chi connectivity index (χ2n) is 8.31. The fourth-order valence-corrected chi connectivity index (χ4v) is 4.60. The number of ether oxygens (including phenoxy) is 1. The Morgan fingerprint density at radius 1 is 1.10 bits per heavy atom. The van der Waals surface area contributed by atoms with Gasteiger partial charge in [0.15, 0.2) is 0 Å². The van der Waals surface area contributed by atoms with Crippen molar-refractivity contribution >= 4 is 17.3 Å². The number of hydrogen-bond acceptors (Lipinski definition) is 4. The lowest BCUT2D eigenvalue weighted by atomic mass is 9.96. The highest BCUT2D eigenvalue weighted by molar-refractivity contribution is 5.77. The minimum Gasteiger partial charge on any atom is -0.491 e. The summed E-state index contributed by atoms with van der Waals surface area (Å²) in [5.41, 5.74) is 7.21. The van der Waals surface area contributed by atoms with E-state index in [1.807, 2.05) is 29.7 Å². The molecule has 5 rings (SSSR count). The molecule has 0 radical (unpaired) electrons. The predicted octanol–water partition coefficient (Wildman–Crippen LogP) is 4.30. The molecule has 6 nitrogen and oxygen atoms in total. The summed E-state index contributed by atoms with van der Waals surface area (Å²) in [4.78, 5) is 16.6.